The molecule has 1 aromatic rings. The number of aromatic amines is 1. The predicted molar refractivity (Wildman–Crippen MR) is 57.6 cm³/mol. The Labute approximate surface area is 80.6 Å². The predicted octanol–water partition coefficient (Wildman–Crippen LogP) is 1.59. The summed E-state index contributed by atoms with van der Waals surface area (Å²) < 4.78 is 0.665. The summed E-state index contributed by atoms with van der Waals surface area (Å²) in [7, 11) is 0. The van der Waals surface area contributed by atoms with Gasteiger partial charge in [-0.25, -0.2) is 0 Å². The van der Waals surface area contributed by atoms with Gasteiger partial charge in [-0.1, -0.05) is 24.0 Å². The van der Waals surface area contributed by atoms with E-state index in [0.29, 0.717) is 4.32 Å². The molecular weight excluding hydrogens is 190 g/mol. The molecule has 0 atom stereocenters. The third-order valence-electron chi connectivity index (χ3n) is 1.17. The van der Waals surface area contributed by atoms with Crippen molar-refractivity contribution in [2.24, 2.45) is 5.10 Å². The molecule has 0 aliphatic heterocycles. The van der Waals surface area contributed by atoms with Gasteiger partial charge >= 0.3 is 0 Å². The van der Waals surface area contributed by atoms with Crippen LogP contribution >= 0.6 is 24.0 Å². The Bertz CT molecular complexity index is 266. The second-order valence-electron chi connectivity index (χ2n) is 1.99. The molecule has 0 aliphatic carbocycles. The van der Waals surface area contributed by atoms with Crippen LogP contribution in [-0.4, -0.2) is 21.8 Å². The Morgan fingerprint density at radius 3 is 3.25 bits per heavy atom. The van der Waals surface area contributed by atoms with Crippen molar-refractivity contribution in [1.29, 1.82) is 0 Å². The Balaban J connectivity index is 2.37. The van der Waals surface area contributed by atoms with E-state index in [1.54, 1.807) is 6.21 Å². The highest BCUT2D eigenvalue weighted by Gasteiger charge is 1.87. The molecule has 0 spiro atoms. The molecule has 2 N–H and O–H groups in total. The monoisotopic (exact) mass is 199 g/mol. The van der Waals surface area contributed by atoms with Crippen molar-refractivity contribution in [1.82, 2.24) is 10.4 Å². The van der Waals surface area contributed by atoms with E-state index in [1.807, 2.05) is 24.6 Å². The van der Waals surface area contributed by atoms with Crippen molar-refractivity contribution in [3.05, 3.63) is 24.0 Å². The standard InChI is InChI=1S/C7H9N3S2/c1-12-7(11)10-9-5-6-3-2-4-8-6/h2-5,8H,1H3,(H,10,11). The molecule has 1 rings (SSSR count). The molecule has 0 fully saturated rings. The number of thioether (sulfide) groups is 1. The van der Waals surface area contributed by atoms with E-state index < -0.39 is 0 Å². The Morgan fingerprint density at radius 1 is 1.83 bits per heavy atom. The van der Waals surface area contributed by atoms with Crippen LogP contribution in [0.3, 0.4) is 0 Å². The third kappa shape index (κ3) is 3.06. The molecule has 64 valence electrons. The summed E-state index contributed by atoms with van der Waals surface area (Å²) in [6, 6.07) is 3.83. The zero-order chi connectivity index (χ0) is 8.81. The average molecular weight is 199 g/mol. The van der Waals surface area contributed by atoms with E-state index >= 15 is 0 Å². The summed E-state index contributed by atoms with van der Waals surface area (Å²) in [6.07, 6.45) is 5.43. The Kier molecular flexibility index (Phi) is 3.83. The second kappa shape index (κ2) is 4.95. The molecule has 1 heterocycles. The van der Waals surface area contributed by atoms with Crippen LogP contribution in [-0.2, 0) is 0 Å². The lowest BCUT2D eigenvalue weighted by Crippen LogP contribution is -2.10. The van der Waals surface area contributed by atoms with Gasteiger partial charge in [0.05, 0.1) is 11.9 Å². The van der Waals surface area contributed by atoms with Crippen LogP contribution in [0.25, 0.3) is 0 Å². The van der Waals surface area contributed by atoms with E-state index in [9.17, 15) is 0 Å². The largest absolute Gasteiger partial charge is 0.360 e. The molecular formula is C7H9N3S2. The van der Waals surface area contributed by atoms with Crippen LogP contribution in [0, 0.1) is 0 Å². The van der Waals surface area contributed by atoms with Crippen LogP contribution in [0.4, 0.5) is 0 Å². The summed E-state index contributed by atoms with van der Waals surface area (Å²) in [5, 5.41) is 3.92. The van der Waals surface area contributed by atoms with Gasteiger partial charge in [-0.3, -0.25) is 5.43 Å². The molecule has 0 aromatic carbocycles. The summed E-state index contributed by atoms with van der Waals surface area (Å²) in [4.78, 5) is 2.99. The van der Waals surface area contributed by atoms with Gasteiger partial charge in [0.2, 0.25) is 0 Å². The summed E-state index contributed by atoms with van der Waals surface area (Å²) in [5.41, 5.74) is 3.66. The lowest BCUT2D eigenvalue weighted by atomic mass is 10.5. The Morgan fingerprint density at radius 2 is 2.67 bits per heavy atom. The van der Waals surface area contributed by atoms with Crippen molar-refractivity contribution in [3.8, 4) is 0 Å². The van der Waals surface area contributed by atoms with Crippen molar-refractivity contribution < 1.29 is 0 Å². The molecule has 0 aliphatic rings. The van der Waals surface area contributed by atoms with E-state index in [0.717, 1.165) is 5.69 Å². The first-order chi connectivity index (χ1) is 5.83. The first-order valence-electron chi connectivity index (χ1n) is 3.33. The molecule has 0 amide bonds. The minimum Gasteiger partial charge on any atom is -0.360 e. The second-order valence-corrected chi connectivity index (χ2v) is 3.47. The maximum absolute atomic E-state index is 4.88. The number of nitrogens with one attached hydrogen (secondary N) is 2. The van der Waals surface area contributed by atoms with Crippen LogP contribution in [0.15, 0.2) is 23.4 Å². The van der Waals surface area contributed by atoms with Crippen LogP contribution in [0.2, 0.25) is 0 Å². The molecule has 0 radical (unpaired) electrons. The zero-order valence-electron chi connectivity index (χ0n) is 6.57. The first kappa shape index (κ1) is 9.28. The highest BCUT2D eigenvalue weighted by molar-refractivity contribution is 8.22. The number of aromatic nitrogens is 1. The molecule has 12 heavy (non-hydrogen) atoms. The van der Waals surface area contributed by atoms with Crippen molar-refractivity contribution >= 4 is 34.5 Å². The van der Waals surface area contributed by atoms with E-state index in [-0.39, 0.29) is 0 Å². The van der Waals surface area contributed by atoms with E-state index in [1.165, 1.54) is 11.8 Å². The number of rotatable bonds is 2. The van der Waals surface area contributed by atoms with E-state index in [2.05, 4.69) is 15.5 Å². The zero-order valence-corrected chi connectivity index (χ0v) is 8.21. The van der Waals surface area contributed by atoms with Gasteiger partial charge in [-0.2, -0.15) is 5.10 Å². The number of H-pyrrole nitrogens is 1. The van der Waals surface area contributed by atoms with Gasteiger partial charge in [-0.05, 0) is 18.4 Å². The van der Waals surface area contributed by atoms with Gasteiger partial charge < -0.3 is 4.98 Å². The molecule has 5 heteroatoms. The minimum absolute atomic E-state index is 0.665. The molecule has 0 bridgehead atoms. The summed E-state index contributed by atoms with van der Waals surface area (Å²) >= 11 is 6.34. The Hall–Kier alpha value is -0.810. The maximum atomic E-state index is 4.88. The smallest absolute Gasteiger partial charge is 0.153 e. The van der Waals surface area contributed by atoms with E-state index in [4.69, 9.17) is 12.2 Å². The highest BCUT2D eigenvalue weighted by Crippen LogP contribution is 1.93. The van der Waals surface area contributed by atoms with Gasteiger partial charge in [-0.15, -0.1) is 0 Å². The molecule has 0 unspecified atom stereocenters. The minimum atomic E-state index is 0.665. The normalized spacial score (nSPS) is 10.4. The average Bonchev–Trinajstić information content (AvgIpc) is 2.57. The third-order valence-corrected chi connectivity index (χ3v) is 2.22. The lowest BCUT2D eigenvalue weighted by Gasteiger charge is -1.94. The van der Waals surface area contributed by atoms with Crippen LogP contribution < -0.4 is 5.43 Å². The number of hydrazone groups is 1. The van der Waals surface area contributed by atoms with Crippen molar-refractivity contribution in [2.45, 2.75) is 0 Å². The fourth-order valence-electron chi connectivity index (χ4n) is 0.625. The first-order valence-corrected chi connectivity index (χ1v) is 4.96. The highest BCUT2D eigenvalue weighted by atomic mass is 32.2. The number of nitrogens with zero attached hydrogens (tertiary/aromatic N) is 1. The van der Waals surface area contributed by atoms with Crippen LogP contribution in [0.5, 0.6) is 0 Å². The molecule has 1 aromatic heterocycles. The molecule has 0 saturated heterocycles. The lowest BCUT2D eigenvalue weighted by molar-refractivity contribution is 1.07. The van der Waals surface area contributed by atoms with Crippen LogP contribution in [0.1, 0.15) is 5.69 Å². The van der Waals surface area contributed by atoms with Gasteiger partial charge in [0.1, 0.15) is 0 Å². The molecule has 3 nitrogen and oxygen atoms in total. The van der Waals surface area contributed by atoms with Crippen molar-refractivity contribution in [3.63, 3.8) is 0 Å². The van der Waals surface area contributed by atoms with Gasteiger partial charge in [0.15, 0.2) is 4.32 Å². The number of thiocarbonyl (C=S) groups is 1. The van der Waals surface area contributed by atoms with Crippen molar-refractivity contribution in [2.75, 3.05) is 6.26 Å². The van der Waals surface area contributed by atoms with Gasteiger partial charge in [0, 0.05) is 6.20 Å². The topological polar surface area (TPSA) is 40.2 Å². The fourth-order valence-corrected chi connectivity index (χ4v) is 0.821. The maximum Gasteiger partial charge on any atom is 0.153 e. The number of hydrogen-bond acceptors (Lipinski definition) is 3. The quantitative estimate of drug-likeness (QED) is 0.431. The SMILES string of the molecule is CSC(=S)NN=Cc1ccc[nH]1. The fraction of sp³-hybridized carbons (Fsp3) is 0.143. The number of hydrogen-bond donors (Lipinski definition) is 2. The molecule has 0 saturated carbocycles. The summed E-state index contributed by atoms with van der Waals surface area (Å²) in [6.45, 7) is 0. The van der Waals surface area contributed by atoms with Gasteiger partial charge in [0.25, 0.3) is 0 Å². The summed E-state index contributed by atoms with van der Waals surface area (Å²) in [5.74, 6) is 0.